The van der Waals surface area contributed by atoms with Crippen LogP contribution in [0.4, 0.5) is 0 Å². The molecule has 1 atom stereocenters. The van der Waals surface area contributed by atoms with Crippen LogP contribution in [0.15, 0.2) is 23.3 Å². The molecule has 0 aromatic carbocycles. The van der Waals surface area contributed by atoms with E-state index in [1.165, 1.54) is 25.7 Å². The summed E-state index contributed by atoms with van der Waals surface area (Å²) in [4.78, 5) is 0. The van der Waals surface area contributed by atoms with E-state index in [1.807, 2.05) is 0 Å². The molecular weight excluding hydrogens is 144 g/mol. The second kappa shape index (κ2) is 4.49. The van der Waals surface area contributed by atoms with E-state index in [0.717, 1.165) is 5.92 Å². The van der Waals surface area contributed by atoms with Crippen molar-refractivity contribution in [1.82, 2.24) is 0 Å². The number of rotatable bonds is 0. The molecule has 0 aromatic heterocycles. The van der Waals surface area contributed by atoms with Gasteiger partial charge in [-0.15, -0.1) is 0 Å². The first kappa shape index (κ1) is 9.57. The van der Waals surface area contributed by atoms with Gasteiger partial charge in [0.1, 0.15) is 0 Å². The first-order valence-electron chi connectivity index (χ1n) is 5.01. The summed E-state index contributed by atoms with van der Waals surface area (Å²) in [7, 11) is 0. The van der Waals surface area contributed by atoms with Gasteiger partial charge in [-0.1, -0.05) is 30.2 Å². The first-order valence-corrected chi connectivity index (χ1v) is 5.01. The van der Waals surface area contributed by atoms with Gasteiger partial charge in [0.2, 0.25) is 0 Å². The molecule has 1 rings (SSSR count). The van der Waals surface area contributed by atoms with Crippen molar-refractivity contribution in [1.29, 1.82) is 0 Å². The smallest absolute Gasteiger partial charge is 0.0256 e. The molecule has 0 heteroatoms. The molecule has 0 aliphatic heterocycles. The van der Waals surface area contributed by atoms with Gasteiger partial charge < -0.3 is 0 Å². The zero-order valence-electron chi connectivity index (χ0n) is 8.56. The zero-order chi connectivity index (χ0) is 8.97. The van der Waals surface area contributed by atoms with Gasteiger partial charge in [-0.2, -0.15) is 0 Å². The fraction of sp³-hybridized carbons (Fsp3) is 0.667. The van der Waals surface area contributed by atoms with Crippen molar-refractivity contribution in [2.24, 2.45) is 5.92 Å². The summed E-state index contributed by atoms with van der Waals surface area (Å²) < 4.78 is 0. The lowest BCUT2D eigenvalue weighted by atomic mass is 10.0. The summed E-state index contributed by atoms with van der Waals surface area (Å²) in [6.45, 7) is 6.83. The van der Waals surface area contributed by atoms with E-state index in [0.29, 0.717) is 0 Å². The molecule has 0 amide bonds. The highest BCUT2D eigenvalue weighted by Gasteiger charge is 2.02. The van der Waals surface area contributed by atoms with Crippen molar-refractivity contribution < 1.29 is 0 Å². The van der Waals surface area contributed by atoms with E-state index in [1.54, 1.807) is 11.1 Å². The van der Waals surface area contributed by atoms with Gasteiger partial charge in [0, 0.05) is 0 Å². The maximum Gasteiger partial charge on any atom is -0.0256 e. The van der Waals surface area contributed by atoms with Gasteiger partial charge in [0.25, 0.3) is 0 Å². The summed E-state index contributed by atoms with van der Waals surface area (Å²) >= 11 is 0. The lowest BCUT2D eigenvalue weighted by molar-refractivity contribution is 0.641. The van der Waals surface area contributed by atoms with Gasteiger partial charge in [-0.05, 0) is 45.4 Å². The van der Waals surface area contributed by atoms with Crippen LogP contribution in [0.1, 0.15) is 46.5 Å². The van der Waals surface area contributed by atoms with E-state index in [-0.39, 0.29) is 0 Å². The highest BCUT2D eigenvalue weighted by Crippen LogP contribution is 2.19. The molecule has 68 valence electrons. The minimum atomic E-state index is 0.770. The van der Waals surface area contributed by atoms with E-state index in [9.17, 15) is 0 Å². The van der Waals surface area contributed by atoms with Gasteiger partial charge in [-0.3, -0.25) is 0 Å². The fourth-order valence-corrected chi connectivity index (χ4v) is 1.76. The average Bonchev–Trinajstić information content (AvgIpc) is 2.05. The predicted octanol–water partition coefficient (Wildman–Crippen LogP) is 4.09. The van der Waals surface area contributed by atoms with Crippen molar-refractivity contribution in [3.63, 3.8) is 0 Å². The topological polar surface area (TPSA) is 0 Å². The van der Waals surface area contributed by atoms with Gasteiger partial charge in [0.05, 0.1) is 0 Å². The molecule has 1 aliphatic carbocycles. The Bertz CT molecular complexity index is 196. The van der Waals surface area contributed by atoms with E-state index in [4.69, 9.17) is 0 Å². The van der Waals surface area contributed by atoms with Crippen molar-refractivity contribution in [2.75, 3.05) is 0 Å². The summed E-state index contributed by atoms with van der Waals surface area (Å²) in [5, 5.41) is 0. The average molecular weight is 164 g/mol. The Hall–Kier alpha value is -0.520. The third-order valence-electron chi connectivity index (χ3n) is 2.59. The second-order valence-corrected chi connectivity index (χ2v) is 4.12. The van der Waals surface area contributed by atoms with E-state index in [2.05, 4.69) is 32.9 Å². The predicted molar refractivity (Wildman–Crippen MR) is 55.1 cm³/mol. The van der Waals surface area contributed by atoms with Crippen molar-refractivity contribution in [3.05, 3.63) is 23.3 Å². The summed E-state index contributed by atoms with van der Waals surface area (Å²) in [5.41, 5.74) is 3.14. The monoisotopic (exact) mass is 164 g/mol. The molecule has 0 nitrogen and oxygen atoms in total. The number of allylic oxidation sites excluding steroid dienone is 4. The molecule has 0 heterocycles. The van der Waals surface area contributed by atoms with Gasteiger partial charge >= 0.3 is 0 Å². The summed E-state index contributed by atoms with van der Waals surface area (Å²) in [6, 6.07) is 0. The minimum absolute atomic E-state index is 0.770. The largest absolute Gasteiger partial charge is 0.0853 e. The van der Waals surface area contributed by atoms with E-state index < -0.39 is 0 Å². The molecular formula is C12H20. The third kappa shape index (κ3) is 3.25. The van der Waals surface area contributed by atoms with Crippen LogP contribution >= 0.6 is 0 Å². The lowest BCUT2D eigenvalue weighted by Crippen LogP contribution is -1.90. The highest BCUT2D eigenvalue weighted by atomic mass is 14.1. The normalized spacial score (nSPS) is 35.1. The second-order valence-electron chi connectivity index (χ2n) is 4.12. The molecule has 0 radical (unpaired) electrons. The Morgan fingerprint density at radius 3 is 2.67 bits per heavy atom. The fourth-order valence-electron chi connectivity index (χ4n) is 1.76. The first-order chi connectivity index (χ1) is 5.68. The standard InChI is InChI=1S/C12H20/c1-10-5-4-6-11(2)9-12(3)8-7-10/h5,9,12H,4,6-8H2,1-3H3/b10-5-,11-9-. The number of hydrogen-bond donors (Lipinski definition) is 0. The summed E-state index contributed by atoms with van der Waals surface area (Å²) in [6.07, 6.45) is 9.93. The Morgan fingerprint density at radius 1 is 1.17 bits per heavy atom. The maximum atomic E-state index is 2.44. The van der Waals surface area contributed by atoms with Crippen LogP contribution < -0.4 is 0 Å². The Balaban J connectivity index is 2.61. The van der Waals surface area contributed by atoms with Crippen LogP contribution in [0, 0.1) is 5.92 Å². The van der Waals surface area contributed by atoms with Crippen molar-refractivity contribution in [2.45, 2.75) is 46.5 Å². The van der Waals surface area contributed by atoms with Crippen LogP contribution in [0.3, 0.4) is 0 Å². The molecule has 0 bridgehead atoms. The Morgan fingerprint density at radius 2 is 1.92 bits per heavy atom. The SMILES string of the molecule is C/C1=C/C(C)CC/C(C)=C\CC1. The van der Waals surface area contributed by atoms with Crippen LogP contribution in [-0.4, -0.2) is 0 Å². The summed E-state index contributed by atoms with van der Waals surface area (Å²) in [5.74, 6) is 0.770. The third-order valence-corrected chi connectivity index (χ3v) is 2.59. The molecule has 1 aliphatic rings. The van der Waals surface area contributed by atoms with Crippen molar-refractivity contribution >= 4 is 0 Å². The van der Waals surface area contributed by atoms with Crippen LogP contribution in [0.5, 0.6) is 0 Å². The van der Waals surface area contributed by atoms with E-state index >= 15 is 0 Å². The molecule has 0 fully saturated rings. The minimum Gasteiger partial charge on any atom is -0.0853 e. The highest BCUT2D eigenvalue weighted by molar-refractivity contribution is 5.07. The van der Waals surface area contributed by atoms with Crippen LogP contribution in [0.2, 0.25) is 0 Å². The lowest BCUT2D eigenvalue weighted by Gasteiger charge is -2.05. The maximum absolute atomic E-state index is 2.44. The van der Waals surface area contributed by atoms with Crippen LogP contribution in [-0.2, 0) is 0 Å². The number of hydrogen-bond acceptors (Lipinski definition) is 0. The van der Waals surface area contributed by atoms with Gasteiger partial charge in [-0.25, -0.2) is 0 Å². The molecule has 1 unspecified atom stereocenters. The Labute approximate surface area is 76.4 Å². The quantitative estimate of drug-likeness (QED) is 0.473. The zero-order valence-corrected chi connectivity index (χ0v) is 8.56. The molecule has 0 saturated carbocycles. The molecule has 12 heavy (non-hydrogen) atoms. The molecule has 0 aromatic rings. The molecule has 0 spiro atoms. The Kier molecular flexibility index (Phi) is 3.58. The van der Waals surface area contributed by atoms with Crippen LogP contribution in [0.25, 0.3) is 0 Å². The molecule has 0 N–H and O–H groups in total. The molecule has 0 saturated heterocycles. The van der Waals surface area contributed by atoms with Crippen molar-refractivity contribution in [3.8, 4) is 0 Å². The van der Waals surface area contributed by atoms with Gasteiger partial charge in [0.15, 0.2) is 0 Å².